The molecule has 5 rings (SSSR count). The fourth-order valence-corrected chi connectivity index (χ4v) is 5.02. The third kappa shape index (κ3) is 3.50. The Labute approximate surface area is 192 Å². The van der Waals surface area contributed by atoms with E-state index in [4.69, 9.17) is 4.42 Å². The number of carbonyl (C=O) groups excluding carboxylic acids is 1. The van der Waals surface area contributed by atoms with E-state index in [2.05, 4.69) is 0 Å². The average molecular weight is 440 g/mol. The van der Waals surface area contributed by atoms with Gasteiger partial charge in [0.05, 0.1) is 18.2 Å². The zero-order chi connectivity index (χ0) is 23.3. The molecule has 5 heteroatoms. The van der Waals surface area contributed by atoms with E-state index < -0.39 is 5.97 Å². The molecule has 0 fully saturated rings. The van der Waals surface area contributed by atoms with Crippen LogP contribution in [0.3, 0.4) is 0 Å². The van der Waals surface area contributed by atoms with Crippen molar-refractivity contribution in [2.24, 2.45) is 0 Å². The molecule has 1 aliphatic rings. The lowest BCUT2D eigenvalue weighted by molar-refractivity contribution is -0.136. The van der Waals surface area contributed by atoms with Gasteiger partial charge in [-0.1, -0.05) is 42.0 Å². The molecule has 5 nitrogen and oxygen atoms in total. The Kier molecular flexibility index (Phi) is 5.05. The first-order valence-electron chi connectivity index (χ1n) is 11.0. The quantitative estimate of drug-likeness (QED) is 0.436. The van der Waals surface area contributed by atoms with Crippen molar-refractivity contribution in [2.45, 2.75) is 40.3 Å². The van der Waals surface area contributed by atoms with Gasteiger partial charge >= 0.3 is 5.97 Å². The lowest BCUT2D eigenvalue weighted by Gasteiger charge is -2.19. The number of carboxylic acid groups (broad SMARTS) is 1. The van der Waals surface area contributed by atoms with Gasteiger partial charge in [-0.3, -0.25) is 9.59 Å². The first-order chi connectivity index (χ1) is 15.8. The van der Waals surface area contributed by atoms with Crippen molar-refractivity contribution in [3.8, 4) is 11.1 Å². The Morgan fingerprint density at radius 2 is 1.64 bits per heavy atom. The van der Waals surface area contributed by atoms with Crippen molar-refractivity contribution in [1.82, 2.24) is 4.90 Å². The SMILES string of the molecule is Cc1ccc(-c2c(C)c3c(c(C)c2CC(=O)O)CN(C(=O)c2cccc4ccoc24)C3)cc1. The van der Waals surface area contributed by atoms with Crippen molar-refractivity contribution in [3.63, 3.8) is 0 Å². The number of hydrogen-bond acceptors (Lipinski definition) is 3. The van der Waals surface area contributed by atoms with Crippen molar-refractivity contribution in [3.05, 3.63) is 93.7 Å². The van der Waals surface area contributed by atoms with Crippen LogP contribution in [0.15, 0.2) is 59.2 Å². The molecule has 0 saturated carbocycles. The Morgan fingerprint density at radius 1 is 0.939 bits per heavy atom. The van der Waals surface area contributed by atoms with Crippen LogP contribution in [0.2, 0.25) is 0 Å². The number of fused-ring (bicyclic) bond motifs is 2. The van der Waals surface area contributed by atoms with Gasteiger partial charge in [-0.15, -0.1) is 0 Å². The summed E-state index contributed by atoms with van der Waals surface area (Å²) in [6, 6.07) is 15.6. The maximum absolute atomic E-state index is 13.5. The van der Waals surface area contributed by atoms with E-state index in [0.717, 1.165) is 49.9 Å². The van der Waals surface area contributed by atoms with Gasteiger partial charge in [0.2, 0.25) is 0 Å². The summed E-state index contributed by atoms with van der Waals surface area (Å²) in [4.78, 5) is 27.1. The molecule has 1 aliphatic heterocycles. The fraction of sp³-hybridized carbons (Fsp3) is 0.214. The van der Waals surface area contributed by atoms with Gasteiger partial charge in [0.25, 0.3) is 5.91 Å². The number of benzene rings is 3. The summed E-state index contributed by atoms with van der Waals surface area (Å²) in [6.45, 7) is 7.00. The van der Waals surface area contributed by atoms with Gasteiger partial charge < -0.3 is 14.4 Å². The van der Waals surface area contributed by atoms with Gasteiger partial charge in [-0.2, -0.15) is 0 Å². The summed E-state index contributed by atoms with van der Waals surface area (Å²) in [7, 11) is 0. The lowest BCUT2D eigenvalue weighted by Crippen LogP contribution is -2.25. The molecule has 0 aliphatic carbocycles. The predicted molar refractivity (Wildman–Crippen MR) is 127 cm³/mol. The zero-order valence-electron chi connectivity index (χ0n) is 18.9. The number of carbonyl (C=O) groups is 2. The Morgan fingerprint density at radius 3 is 2.33 bits per heavy atom. The summed E-state index contributed by atoms with van der Waals surface area (Å²) in [5, 5.41) is 10.5. The third-order valence-electron chi connectivity index (χ3n) is 6.76. The molecule has 2 heterocycles. The largest absolute Gasteiger partial charge is 0.481 e. The standard InChI is InChI=1S/C28H25NO4/c1-16-7-9-19(10-8-16)26-18(3)24-15-29(14-23(24)17(2)22(26)13-25(30)31)28(32)21-6-4-5-20-11-12-33-27(20)21/h4-12H,13-15H2,1-3H3,(H,30,31). The second-order valence-corrected chi connectivity index (χ2v) is 8.80. The Bertz CT molecular complexity index is 1410. The van der Waals surface area contributed by atoms with Gasteiger partial charge in [0.1, 0.15) is 5.58 Å². The van der Waals surface area contributed by atoms with Crippen LogP contribution in [0.5, 0.6) is 0 Å². The van der Waals surface area contributed by atoms with Crippen LogP contribution in [0.4, 0.5) is 0 Å². The number of rotatable bonds is 4. The lowest BCUT2D eigenvalue weighted by atomic mass is 9.84. The number of carboxylic acids is 1. The minimum Gasteiger partial charge on any atom is -0.481 e. The third-order valence-corrected chi connectivity index (χ3v) is 6.76. The fourth-order valence-electron chi connectivity index (χ4n) is 5.02. The molecule has 0 saturated heterocycles. The molecular weight excluding hydrogens is 414 g/mol. The number of amides is 1. The first kappa shape index (κ1) is 21.0. The molecule has 0 unspecified atom stereocenters. The first-order valence-corrected chi connectivity index (χ1v) is 11.0. The highest BCUT2D eigenvalue weighted by Crippen LogP contribution is 2.40. The summed E-state index contributed by atoms with van der Waals surface area (Å²) < 4.78 is 5.59. The highest BCUT2D eigenvalue weighted by Gasteiger charge is 2.31. The minimum atomic E-state index is -0.860. The molecule has 33 heavy (non-hydrogen) atoms. The maximum atomic E-state index is 13.5. The van der Waals surface area contributed by atoms with Crippen molar-refractivity contribution in [2.75, 3.05) is 0 Å². The molecule has 0 bridgehead atoms. The van der Waals surface area contributed by atoms with Crippen LogP contribution in [0.1, 0.15) is 43.7 Å². The topological polar surface area (TPSA) is 70.8 Å². The van der Waals surface area contributed by atoms with E-state index in [-0.39, 0.29) is 12.3 Å². The van der Waals surface area contributed by atoms with Crippen molar-refractivity contribution < 1.29 is 19.1 Å². The summed E-state index contributed by atoms with van der Waals surface area (Å²) >= 11 is 0. The molecule has 0 atom stereocenters. The Hall–Kier alpha value is -3.86. The van der Waals surface area contributed by atoms with Crippen LogP contribution >= 0.6 is 0 Å². The smallest absolute Gasteiger partial charge is 0.307 e. The normalized spacial score (nSPS) is 12.9. The van der Waals surface area contributed by atoms with Gasteiger partial charge in [0, 0.05) is 18.5 Å². The Balaban J connectivity index is 1.61. The second-order valence-electron chi connectivity index (χ2n) is 8.80. The molecule has 4 aromatic rings. The molecule has 1 amide bonds. The van der Waals surface area contributed by atoms with Crippen LogP contribution in [0, 0.1) is 20.8 Å². The van der Waals surface area contributed by atoms with E-state index in [9.17, 15) is 14.7 Å². The monoisotopic (exact) mass is 439 g/mol. The highest BCUT2D eigenvalue weighted by molar-refractivity contribution is 6.05. The number of nitrogens with zero attached hydrogens (tertiary/aromatic N) is 1. The number of aryl methyl sites for hydroxylation is 1. The molecule has 0 radical (unpaired) electrons. The average Bonchev–Trinajstić information content (AvgIpc) is 3.45. The van der Waals surface area contributed by atoms with Crippen molar-refractivity contribution in [1.29, 1.82) is 0 Å². The number of furan rings is 1. The van der Waals surface area contributed by atoms with Crippen LogP contribution < -0.4 is 0 Å². The van der Waals surface area contributed by atoms with Gasteiger partial charge in [-0.05, 0) is 71.8 Å². The summed E-state index contributed by atoms with van der Waals surface area (Å²) in [5.41, 5.74) is 9.26. The van der Waals surface area contributed by atoms with E-state index in [1.165, 1.54) is 0 Å². The van der Waals surface area contributed by atoms with E-state index in [1.54, 1.807) is 12.3 Å². The predicted octanol–water partition coefficient (Wildman–Crippen LogP) is 5.81. The van der Waals surface area contributed by atoms with Crippen LogP contribution in [0.25, 0.3) is 22.1 Å². The van der Waals surface area contributed by atoms with Crippen molar-refractivity contribution >= 4 is 22.8 Å². The number of para-hydroxylation sites is 1. The molecule has 3 aromatic carbocycles. The molecule has 1 N–H and O–H groups in total. The highest BCUT2D eigenvalue weighted by atomic mass is 16.4. The molecule has 1 aromatic heterocycles. The second kappa shape index (κ2) is 7.93. The summed E-state index contributed by atoms with van der Waals surface area (Å²) in [6.07, 6.45) is 1.54. The zero-order valence-corrected chi connectivity index (χ0v) is 18.9. The molecular formula is C28H25NO4. The minimum absolute atomic E-state index is 0.0528. The summed E-state index contributed by atoms with van der Waals surface area (Å²) in [5.74, 6) is -0.941. The molecule has 166 valence electrons. The van der Waals surface area contributed by atoms with E-state index in [1.807, 2.05) is 68.1 Å². The van der Waals surface area contributed by atoms with Crippen LogP contribution in [-0.4, -0.2) is 21.9 Å². The van der Waals surface area contributed by atoms with E-state index >= 15 is 0 Å². The van der Waals surface area contributed by atoms with E-state index in [0.29, 0.717) is 24.2 Å². The van der Waals surface area contributed by atoms with Gasteiger partial charge in [0.15, 0.2) is 0 Å². The number of hydrogen-bond donors (Lipinski definition) is 1. The molecule has 0 spiro atoms. The number of aliphatic carboxylic acids is 1. The van der Waals surface area contributed by atoms with Crippen LogP contribution in [-0.2, 0) is 24.3 Å². The van der Waals surface area contributed by atoms with Gasteiger partial charge in [-0.25, -0.2) is 0 Å². The maximum Gasteiger partial charge on any atom is 0.307 e.